The molecule has 0 aromatic carbocycles. The largest absolute Gasteiger partial charge is 0.468 e. The minimum atomic E-state index is -0.379. The van der Waals surface area contributed by atoms with Gasteiger partial charge in [-0.05, 0) is 30.5 Å². The van der Waals surface area contributed by atoms with Crippen LogP contribution in [-0.4, -0.2) is 13.1 Å². The lowest BCUT2D eigenvalue weighted by atomic mass is 10.2. The van der Waals surface area contributed by atoms with Crippen molar-refractivity contribution >= 4 is 28.6 Å². The van der Waals surface area contributed by atoms with Crippen LogP contribution in [0.3, 0.4) is 0 Å². The zero-order valence-electron chi connectivity index (χ0n) is 10.3. The van der Waals surface area contributed by atoms with Gasteiger partial charge >= 0.3 is 5.97 Å². The molecular weight excluding hydrogens is 266 g/mol. The van der Waals surface area contributed by atoms with E-state index in [2.05, 4.69) is 5.32 Å². The number of nitrogens with one attached hydrogen (secondary N) is 1. The molecule has 2 aromatic heterocycles. The highest BCUT2D eigenvalue weighted by atomic mass is 32.1. The normalized spacial score (nSPS) is 12.3. The molecule has 2 heterocycles. The van der Waals surface area contributed by atoms with Gasteiger partial charge in [-0.2, -0.15) is 0 Å². The molecule has 3 nitrogen and oxygen atoms in total. The topological polar surface area (TPSA) is 38.3 Å². The van der Waals surface area contributed by atoms with E-state index in [-0.39, 0.29) is 12.0 Å². The van der Waals surface area contributed by atoms with E-state index in [4.69, 9.17) is 4.74 Å². The van der Waals surface area contributed by atoms with Gasteiger partial charge in [-0.15, -0.1) is 22.7 Å². The first kappa shape index (κ1) is 13.3. The molecular formula is C13H15NO2S2. The van der Waals surface area contributed by atoms with E-state index in [1.54, 1.807) is 22.7 Å². The standard InChI is InChI=1S/C13H15NO2S2/c1-9-5-6-11(18-9)12(13(15)16-2)14-8-10-4-3-7-17-10/h3-7,12,14H,8H2,1-2H3. The van der Waals surface area contributed by atoms with E-state index in [9.17, 15) is 4.79 Å². The van der Waals surface area contributed by atoms with Gasteiger partial charge in [0.15, 0.2) is 0 Å². The van der Waals surface area contributed by atoms with Gasteiger partial charge in [0.25, 0.3) is 0 Å². The van der Waals surface area contributed by atoms with Gasteiger partial charge in [0, 0.05) is 21.2 Å². The molecule has 0 saturated heterocycles. The molecule has 0 spiro atoms. The fourth-order valence-corrected chi connectivity index (χ4v) is 3.24. The summed E-state index contributed by atoms with van der Waals surface area (Å²) in [5.41, 5.74) is 0. The molecule has 5 heteroatoms. The van der Waals surface area contributed by atoms with Gasteiger partial charge in [0.2, 0.25) is 0 Å². The SMILES string of the molecule is COC(=O)C(NCc1cccs1)c1ccc(C)s1. The maximum Gasteiger partial charge on any atom is 0.328 e. The van der Waals surface area contributed by atoms with Crippen molar-refractivity contribution < 1.29 is 9.53 Å². The summed E-state index contributed by atoms with van der Waals surface area (Å²) in [5, 5.41) is 5.28. The molecule has 18 heavy (non-hydrogen) atoms. The van der Waals surface area contributed by atoms with E-state index in [0.29, 0.717) is 6.54 Å². The Labute approximate surface area is 114 Å². The van der Waals surface area contributed by atoms with Crippen LogP contribution >= 0.6 is 22.7 Å². The molecule has 1 atom stereocenters. The summed E-state index contributed by atoms with van der Waals surface area (Å²) >= 11 is 3.29. The lowest BCUT2D eigenvalue weighted by molar-refractivity contribution is -0.143. The average Bonchev–Trinajstić information content (AvgIpc) is 3.01. The quantitative estimate of drug-likeness (QED) is 0.856. The number of carbonyl (C=O) groups excluding carboxylic acids is 1. The van der Waals surface area contributed by atoms with Crippen LogP contribution < -0.4 is 5.32 Å². The maximum atomic E-state index is 11.8. The van der Waals surface area contributed by atoms with E-state index >= 15 is 0 Å². The van der Waals surface area contributed by atoms with Crippen LogP contribution in [0.1, 0.15) is 20.7 Å². The van der Waals surface area contributed by atoms with E-state index in [0.717, 1.165) is 4.88 Å². The fourth-order valence-electron chi connectivity index (χ4n) is 1.64. The molecule has 0 aliphatic rings. The first-order valence-electron chi connectivity index (χ1n) is 5.60. The van der Waals surface area contributed by atoms with Crippen LogP contribution in [0.25, 0.3) is 0 Å². The molecule has 0 saturated carbocycles. The fraction of sp³-hybridized carbons (Fsp3) is 0.308. The van der Waals surface area contributed by atoms with Crippen LogP contribution in [0.5, 0.6) is 0 Å². The Morgan fingerprint density at radius 3 is 2.83 bits per heavy atom. The number of methoxy groups -OCH3 is 1. The van der Waals surface area contributed by atoms with Crippen molar-refractivity contribution in [2.45, 2.75) is 19.5 Å². The molecule has 0 bridgehead atoms. The van der Waals surface area contributed by atoms with Crippen LogP contribution in [0, 0.1) is 6.92 Å². The van der Waals surface area contributed by atoms with E-state index in [1.165, 1.54) is 16.9 Å². The van der Waals surface area contributed by atoms with E-state index < -0.39 is 0 Å². The molecule has 96 valence electrons. The van der Waals surface area contributed by atoms with Crippen molar-refractivity contribution in [2.24, 2.45) is 0 Å². The van der Waals surface area contributed by atoms with Gasteiger partial charge in [0.1, 0.15) is 6.04 Å². The summed E-state index contributed by atoms with van der Waals surface area (Å²) in [6, 6.07) is 7.66. The third-order valence-corrected chi connectivity index (χ3v) is 4.49. The summed E-state index contributed by atoms with van der Waals surface area (Å²) < 4.78 is 4.85. The highest BCUT2D eigenvalue weighted by Gasteiger charge is 2.22. The summed E-state index contributed by atoms with van der Waals surface area (Å²) in [5.74, 6) is -0.242. The predicted octanol–water partition coefficient (Wildman–Crippen LogP) is 3.12. The number of rotatable bonds is 5. The van der Waals surface area contributed by atoms with Crippen molar-refractivity contribution in [2.75, 3.05) is 7.11 Å². The number of hydrogen-bond donors (Lipinski definition) is 1. The number of hydrogen-bond acceptors (Lipinski definition) is 5. The highest BCUT2D eigenvalue weighted by molar-refractivity contribution is 7.12. The third-order valence-electron chi connectivity index (χ3n) is 2.54. The summed E-state index contributed by atoms with van der Waals surface area (Å²) in [7, 11) is 1.42. The molecule has 0 aliphatic carbocycles. The Morgan fingerprint density at radius 1 is 1.44 bits per heavy atom. The first-order chi connectivity index (χ1) is 8.70. The van der Waals surface area contributed by atoms with Crippen molar-refractivity contribution in [1.29, 1.82) is 0 Å². The second-order valence-electron chi connectivity index (χ2n) is 3.86. The summed E-state index contributed by atoms with van der Waals surface area (Å²) in [4.78, 5) is 15.2. The molecule has 2 aromatic rings. The Morgan fingerprint density at radius 2 is 2.28 bits per heavy atom. The molecule has 1 N–H and O–H groups in total. The zero-order valence-corrected chi connectivity index (χ0v) is 11.9. The lowest BCUT2D eigenvalue weighted by Gasteiger charge is -2.14. The second-order valence-corrected chi connectivity index (χ2v) is 6.22. The number of thiophene rings is 2. The van der Waals surface area contributed by atoms with Crippen LogP contribution in [0.4, 0.5) is 0 Å². The van der Waals surface area contributed by atoms with Gasteiger partial charge < -0.3 is 4.74 Å². The first-order valence-corrected chi connectivity index (χ1v) is 7.30. The monoisotopic (exact) mass is 281 g/mol. The molecule has 0 fully saturated rings. The minimum absolute atomic E-state index is 0.242. The number of esters is 1. The van der Waals surface area contributed by atoms with Crippen LogP contribution in [-0.2, 0) is 16.1 Å². The molecule has 0 amide bonds. The number of carbonyl (C=O) groups is 1. The molecule has 1 unspecified atom stereocenters. The zero-order chi connectivity index (χ0) is 13.0. The van der Waals surface area contributed by atoms with Crippen molar-refractivity contribution in [3.05, 3.63) is 44.3 Å². The third kappa shape index (κ3) is 3.19. The summed E-state index contributed by atoms with van der Waals surface area (Å²) in [6.07, 6.45) is 0. The smallest absolute Gasteiger partial charge is 0.328 e. The second kappa shape index (κ2) is 6.13. The van der Waals surface area contributed by atoms with Crippen LogP contribution in [0.15, 0.2) is 29.6 Å². The van der Waals surface area contributed by atoms with Gasteiger partial charge in [-0.25, -0.2) is 4.79 Å². The van der Waals surface area contributed by atoms with Gasteiger partial charge in [-0.1, -0.05) is 6.07 Å². The molecule has 0 radical (unpaired) electrons. The van der Waals surface area contributed by atoms with Crippen molar-refractivity contribution in [1.82, 2.24) is 5.32 Å². The molecule has 0 aliphatic heterocycles. The Bertz CT molecular complexity index is 505. The predicted molar refractivity (Wildman–Crippen MR) is 75.0 cm³/mol. The lowest BCUT2D eigenvalue weighted by Crippen LogP contribution is -2.28. The average molecular weight is 281 g/mol. The van der Waals surface area contributed by atoms with Crippen LogP contribution in [0.2, 0.25) is 0 Å². The van der Waals surface area contributed by atoms with Crippen molar-refractivity contribution in [3.8, 4) is 0 Å². The number of aryl methyl sites for hydroxylation is 1. The Balaban J connectivity index is 2.08. The molecule has 2 rings (SSSR count). The Kier molecular flexibility index (Phi) is 4.52. The van der Waals surface area contributed by atoms with Gasteiger partial charge in [0.05, 0.1) is 7.11 Å². The summed E-state index contributed by atoms with van der Waals surface area (Å²) in [6.45, 7) is 2.70. The van der Waals surface area contributed by atoms with E-state index in [1.807, 2.05) is 36.6 Å². The van der Waals surface area contributed by atoms with Crippen molar-refractivity contribution in [3.63, 3.8) is 0 Å². The highest BCUT2D eigenvalue weighted by Crippen LogP contribution is 2.24. The maximum absolute atomic E-state index is 11.8. The minimum Gasteiger partial charge on any atom is -0.468 e. The Hall–Kier alpha value is -1.17. The van der Waals surface area contributed by atoms with Gasteiger partial charge in [-0.3, -0.25) is 5.32 Å². The number of ether oxygens (including phenoxy) is 1.